The molecule has 0 aliphatic rings. The first-order chi connectivity index (χ1) is 13.5. The van der Waals surface area contributed by atoms with E-state index < -0.39 is 71.9 Å². The molecule has 0 heterocycles. The molecule has 0 aliphatic carbocycles. The molecule has 4 unspecified atom stereocenters. The molecule has 0 bridgehead atoms. The van der Waals surface area contributed by atoms with Gasteiger partial charge in [0.2, 0.25) is 0 Å². The van der Waals surface area contributed by atoms with Crippen molar-refractivity contribution in [3.05, 3.63) is 0 Å². The summed E-state index contributed by atoms with van der Waals surface area (Å²) >= 11 is 0. The maximum absolute atomic E-state index is 10.4. The van der Waals surface area contributed by atoms with Crippen molar-refractivity contribution in [3.8, 4) is 0 Å². The van der Waals surface area contributed by atoms with E-state index in [1.165, 1.54) is 10.9 Å². The van der Waals surface area contributed by atoms with Crippen LogP contribution < -0.4 is 53.2 Å². The van der Waals surface area contributed by atoms with Crippen molar-refractivity contribution in [3.63, 3.8) is 0 Å². The molecule has 0 aromatic heterocycles. The predicted octanol–water partition coefficient (Wildman–Crippen LogP) is -14.8. The second-order valence-electron chi connectivity index (χ2n) is 5.36. The third-order valence-corrected chi connectivity index (χ3v) is 3.29. The van der Waals surface area contributed by atoms with E-state index in [1.807, 2.05) is 0 Å². The average Bonchev–Trinajstić information content (AvgIpc) is 2.53. The molecule has 0 aromatic carbocycles. The Hall–Kier alpha value is -1.12. The number of hydrazine groups is 2. The van der Waals surface area contributed by atoms with Gasteiger partial charge in [-0.15, -0.1) is 0 Å². The Balaban J connectivity index is -0.000000145. The molecular weight excluding hydrogens is 497 g/mol. The Kier molecular flexibility index (Phi) is 23.3. The molecule has 0 saturated carbocycles. The van der Waals surface area contributed by atoms with Crippen molar-refractivity contribution >= 4 is 105 Å². The minimum absolute atomic E-state index is 0. The fourth-order valence-electron chi connectivity index (χ4n) is 1.83. The Morgan fingerprint density at radius 1 is 0.636 bits per heavy atom. The molecule has 172 valence electrons. The normalized spacial score (nSPS) is 14.9. The zero-order valence-electron chi connectivity index (χ0n) is 16.6. The molecule has 18 nitrogen and oxygen atoms in total. The predicted molar refractivity (Wildman–Crippen MR) is 88.7 cm³/mol. The Morgan fingerprint density at radius 2 is 0.848 bits per heavy atom. The minimum Gasteiger partial charge on any atom is -0.550 e. The average molecular weight is 511 g/mol. The van der Waals surface area contributed by atoms with Crippen LogP contribution in [0.25, 0.3) is 0 Å². The molecule has 0 spiro atoms. The van der Waals surface area contributed by atoms with E-state index in [2.05, 4.69) is 11.7 Å². The van der Waals surface area contributed by atoms with Crippen LogP contribution in [0.2, 0.25) is 0 Å². The van der Waals surface area contributed by atoms with Gasteiger partial charge in [-0.2, -0.15) is 0 Å². The number of nitrogens with one attached hydrogen (secondary N) is 2. The molecule has 0 amide bonds. The molecule has 21 heteroatoms. The third-order valence-electron chi connectivity index (χ3n) is 3.29. The summed E-state index contributed by atoms with van der Waals surface area (Å²) in [5, 5.41) is 80.3. The van der Waals surface area contributed by atoms with Crippen LogP contribution in [-0.2, 0) is 28.8 Å². The zero-order valence-corrected chi connectivity index (χ0v) is 20.9. The molecule has 0 aliphatic heterocycles. The SMILES string of the molecule is NNC(C(=O)[O-])C(O)(CC(=O)[O-])C(=O)[O-].NNC(C(=O)[O-])C(O)(CC(=O)[O-])C(=O)[O-].[Mg+2].[Mg+2].[Mg+2]. The van der Waals surface area contributed by atoms with Crippen LogP contribution in [0.3, 0.4) is 0 Å². The van der Waals surface area contributed by atoms with Gasteiger partial charge in [-0.1, -0.05) is 0 Å². The number of carboxylic acid groups (broad SMARTS) is 6. The van der Waals surface area contributed by atoms with Crippen molar-refractivity contribution in [2.24, 2.45) is 11.7 Å². The summed E-state index contributed by atoms with van der Waals surface area (Å²) in [7, 11) is 0. The Morgan fingerprint density at radius 3 is 0.939 bits per heavy atom. The monoisotopic (exact) mass is 510 g/mol. The summed E-state index contributed by atoms with van der Waals surface area (Å²) < 4.78 is 0. The maximum Gasteiger partial charge on any atom is 2.00 e. The van der Waals surface area contributed by atoms with Crippen LogP contribution in [-0.4, -0.2) is 138 Å². The molecule has 0 rings (SSSR count). The Labute approximate surface area is 232 Å². The number of carbonyl (C=O) groups is 6. The number of hydrogen-bond donors (Lipinski definition) is 6. The van der Waals surface area contributed by atoms with E-state index in [4.69, 9.17) is 0 Å². The fourth-order valence-corrected chi connectivity index (χ4v) is 1.83. The zero-order chi connectivity index (χ0) is 24.4. The second kappa shape index (κ2) is 18.2. The maximum atomic E-state index is 10.4. The molecule has 8 N–H and O–H groups in total. The van der Waals surface area contributed by atoms with Crippen LogP contribution in [0, 0.1) is 0 Å². The van der Waals surface area contributed by atoms with Crippen LogP contribution in [0.5, 0.6) is 0 Å². The summed E-state index contributed by atoms with van der Waals surface area (Å²) in [6, 6.07) is -4.67. The number of hydrogen-bond acceptors (Lipinski definition) is 18. The van der Waals surface area contributed by atoms with E-state index >= 15 is 0 Å². The van der Waals surface area contributed by atoms with Gasteiger partial charge in [0.15, 0.2) is 0 Å². The van der Waals surface area contributed by atoms with E-state index in [0.717, 1.165) is 0 Å². The van der Waals surface area contributed by atoms with E-state index in [-0.39, 0.29) is 69.2 Å². The summed E-state index contributed by atoms with van der Waals surface area (Å²) in [5.74, 6) is -3.52. The second-order valence-corrected chi connectivity index (χ2v) is 5.36. The molecule has 33 heavy (non-hydrogen) atoms. The van der Waals surface area contributed by atoms with E-state index in [9.17, 15) is 69.6 Å². The molecule has 0 fully saturated rings. The van der Waals surface area contributed by atoms with Crippen molar-refractivity contribution < 1.29 is 69.6 Å². The van der Waals surface area contributed by atoms with Gasteiger partial charge in [-0.3, -0.25) is 11.7 Å². The summed E-state index contributed by atoms with van der Waals surface area (Å²) in [6.07, 6.45) is -3.00. The molecule has 0 aromatic rings. The van der Waals surface area contributed by atoms with Crippen LogP contribution in [0.15, 0.2) is 0 Å². The largest absolute Gasteiger partial charge is 2.00 e. The van der Waals surface area contributed by atoms with Crippen molar-refractivity contribution in [1.29, 1.82) is 0 Å². The van der Waals surface area contributed by atoms with Gasteiger partial charge in [0.1, 0.15) is 11.2 Å². The molecular formula is C12H14Mg3N4O14. The molecule has 0 saturated heterocycles. The van der Waals surface area contributed by atoms with Gasteiger partial charge in [-0.25, -0.2) is 10.9 Å². The number of carboxylic acids is 6. The first kappa shape index (κ1) is 42.1. The first-order valence-corrected chi connectivity index (χ1v) is 7.12. The van der Waals surface area contributed by atoms with E-state index in [0.29, 0.717) is 0 Å². The van der Waals surface area contributed by atoms with E-state index in [1.54, 1.807) is 0 Å². The minimum atomic E-state index is -3.24. The summed E-state index contributed by atoms with van der Waals surface area (Å²) in [5.41, 5.74) is -3.68. The van der Waals surface area contributed by atoms with Gasteiger partial charge < -0.3 is 69.6 Å². The van der Waals surface area contributed by atoms with Gasteiger partial charge in [0.05, 0.1) is 36.0 Å². The van der Waals surface area contributed by atoms with Crippen LogP contribution >= 0.6 is 0 Å². The third kappa shape index (κ3) is 12.8. The standard InChI is InChI=1S/2C6H10N2O7.3Mg/c2*7-8-3(4(11)12)6(15,5(13)14)1-2(9)10;;;/h2*3,8,15H,1,7H2,(H,9,10)(H,11,12)(H,13,14);;;/q;;3*+2/p-6. The van der Waals surface area contributed by atoms with Gasteiger partial charge >= 0.3 is 69.2 Å². The number of aliphatic hydroxyl groups is 2. The van der Waals surface area contributed by atoms with Crippen LogP contribution in [0.1, 0.15) is 12.8 Å². The van der Waals surface area contributed by atoms with Gasteiger partial charge in [0.25, 0.3) is 0 Å². The number of nitrogens with two attached hydrogens (primary N) is 2. The first-order valence-electron chi connectivity index (χ1n) is 7.12. The van der Waals surface area contributed by atoms with Crippen LogP contribution in [0.4, 0.5) is 0 Å². The van der Waals surface area contributed by atoms with Crippen molar-refractivity contribution in [1.82, 2.24) is 10.9 Å². The fraction of sp³-hybridized carbons (Fsp3) is 0.500. The Bertz CT molecular complexity index is 655. The number of rotatable bonds is 12. The van der Waals surface area contributed by atoms with Gasteiger partial charge in [0, 0.05) is 24.8 Å². The van der Waals surface area contributed by atoms with Gasteiger partial charge in [-0.05, 0) is 0 Å². The topological polar surface area (TPSA) is 357 Å². The molecule has 4 atom stereocenters. The summed E-state index contributed by atoms with van der Waals surface area (Å²) in [6.45, 7) is 0. The molecule has 0 radical (unpaired) electrons. The summed E-state index contributed by atoms with van der Waals surface area (Å²) in [4.78, 5) is 61.8. The van der Waals surface area contributed by atoms with Crippen molar-refractivity contribution in [2.75, 3.05) is 0 Å². The quantitative estimate of drug-likeness (QED) is 0.0804. The number of carbonyl (C=O) groups excluding carboxylic acids is 6. The smallest absolute Gasteiger partial charge is 0.550 e. The van der Waals surface area contributed by atoms with Crippen molar-refractivity contribution in [2.45, 2.75) is 36.1 Å². The number of aliphatic carboxylic acids is 6.